The average Bonchev–Trinajstić information content (AvgIpc) is 2.87. The van der Waals surface area contributed by atoms with Gasteiger partial charge in [-0.1, -0.05) is 29.7 Å². The zero-order valence-electron chi connectivity index (χ0n) is 11.2. The van der Waals surface area contributed by atoms with Crippen LogP contribution in [0.4, 0.5) is 0 Å². The molecule has 0 amide bonds. The van der Waals surface area contributed by atoms with Crippen LogP contribution in [0.5, 0.6) is 5.75 Å². The molecule has 2 rings (SSSR count). The largest absolute Gasteiger partial charge is 0.493 e. The van der Waals surface area contributed by atoms with Crippen molar-refractivity contribution in [2.45, 2.75) is 12.1 Å². The van der Waals surface area contributed by atoms with E-state index in [0.29, 0.717) is 13.2 Å². The summed E-state index contributed by atoms with van der Waals surface area (Å²) in [5.74, 6) is 8.21. The molecule has 0 bridgehead atoms. The number of aromatic nitrogens is 3. The summed E-state index contributed by atoms with van der Waals surface area (Å²) in [6.45, 7) is 2.82. The Hall–Kier alpha value is -1.97. The molecule has 5 nitrogen and oxygen atoms in total. The molecular weight excluding hydrogens is 272 g/mol. The van der Waals surface area contributed by atoms with Crippen LogP contribution >= 0.6 is 11.8 Å². The van der Waals surface area contributed by atoms with Crippen LogP contribution in [0.15, 0.2) is 29.4 Å². The van der Waals surface area contributed by atoms with E-state index < -0.39 is 0 Å². The number of hydrogen-bond acceptors (Lipinski definition) is 5. The van der Waals surface area contributed by atoms with Crippen LogP contribution in [-0.2, 0) is 0 Å². The number of nitrogens with two attached hydrogens (primary N) is 1. The normalized spacial score (nSPS) is 9.90. The fourth-order valence-electron chi connectivity index (χ4n) is 1.50. The molecule has 20 heavy (non-hydrogen) atoms. The van der Waals surface area contributed by atoms with Gasteiger partial charge in [-0.25, -0.2) is 4.98 Å². The van der Waals surface area contributed by atoms with Crippen molar-refractivity contribution in [3.05, 3.63) is 35.7 Å². The highest BCUT2D eigenvalue weighted by Gasteiger charge is 2.01. The first-order valence-electron chi connectivity index (χ1n) is 6.21. The van der Waals surface area contributed by atoms with E-state index in [0.717, 1.165) is 28.0 Å². The summed E-state index contributed by atoms with van der Waals surface area (Å²) >= 11 is 1.56. The van der Waals surface area contributed by atoms with Gasteiger partial charge < -0.3 is 10.5 Å². The number of rotatable bonds is 5. The molecule has 0 radical (unpaired) electrons. The Labute approximate surface area is 122 Å². The van der Waals surface area contributed by atoms with Crippen LogP contribution in [0.1, 0.15) is 11.4 Å². The molecule has 6 heteroatoms. The molecule has 1 heterocycles. The Morgan fingerprint density at radius 2 is 2.35 bits per heavy atom. The Morgan fingerprint density at radius 1 is 1.45 bits per heavy atom. The second-order valence-electron chi connectivity index (χ2n) is 3.93. The minimum absolute atomic E-state index is 0.359. The van der Waals surface area contributed by atoms with Crippen LogP contribution in [0.3, 0.4) is 0 Å². The molecule has 0 unspecified atom stereocenters. The summed E-state index contributed by atoms with van der Waals surface area (Å²) in [7, 11) is 0. The van der Waals surface area contributed by atoms with Crippen LogP contribution in [-0.4, -0.2) is 34.1 Å². The van der Waals surface area contributed by atoms with Crippen molar-refractivity contribution in [3.63, 3.8) is 0 Å². The summed E-state index contributed by atoms with van der Waals surface area (Å²) in [5, 5.41) is 7.60. The van der Waals surface area contributed by atoms with Crippen LogP contribution in [0.2, 0.25) is 0 Å². The van der Waals surface area contributed by atoms with Gasteiger partial charge in [-0.05, 0) is 25.1 Å². The van der Waals surface area contributed by atoms with E-state index in [1.807, 2.05) is 31.2 Å². The summed E-state index contributed by atoms with van der Waals surface area (Å²) in [5.41, 5.74) is 6.26. The number of benzene rings is 1. The lowest BCUT2D eigenvalue weighted by Crippen LogP contribution is -2.00. The van der Waals surface area contributed by atoms with Gasteiger partial charge in [0.2, 0.25) is 5.16 Å². The molecule has 0 saturated carbocycles. The maximum atomic E-state index is 5.67. The number of ether oxygens (including phenoxy) is 1. The van der Waals surface area contributed by atoms with Gasteiger partial charge >= 0.3 is 0 Å². The van der Waals surface area contributed by atoms with Crippen molar-refractivity contribution >= 4 is 11.8 Å². The first-order valence-corrected chi connectivity index (χ1v) is 7.20. The average molecular weight is 288 g/mol. The number of nitrogens with zero attached hydrogens (tertiary/aromatic N) is 2. The first kappa shape index (κ1) is 14.4. The third kappa shape index (κ3) is 4.61. The Kier molecular flexibility index (Phi) is 5.47. The molecule has 2 aromatic rings. The number of aromatic amines is 1. The molecule has 1 aromatic carbocycles. The molecule has 0 aliphatic heterocycles. The SMILES string of the molecule is Cc1nc(SCCOc2cccc(C#CCN)c2)n[nH]1. The van der Waals surface area contributed by atoms with Crippen molar-refractivity contribution in [2.24, 2.45) is 5.73 Å². The summed E-state index contributed by atoms with van der Waals surface area (Å²) < 4.78 is 5.67. The van der Waals surface area contributed by atoms with Gasteiger partial charge in [-0.3, -0.25) is 5.10 Å². The van der Waals surface area contributed by atoms with Crippen molar-refractivity contribution in [2.75, 3.05) is 18.9 Å². The zero-order valence-corrected chi connectivity index (χ0v) is 12.0. The quantitative estimate of drug-likeness (QED) is 0.496. The van der Waals surface area contributed by atoms with E-state index in [1.54, 1.807) is 11.8 Å². The predicted octanol–water partition coefficient (Wildman–Crippen LogP) is 1.59. The third-order valence-electron chi connectivity index (χ3n) is 2.33. The lowest BCUT2D eigenvalue weighted by Gasteiger charge is -2.05. The van der Waals surface area contributed by atoms with Gasteiger partial charge in [0, 0.05) is 11.3 Å². The maximum absolute atomic E-state index is 5.67. The molecule has 0 aliphatic rings. The van der Waals surface area contributed by atoms with Gasteiger partial charge in [0.25, 0.3) is 0 Å². The van der Waals surface area contributed by atoms with Crippen LogP contribution < -0.4 is 10.5 Å². The second kappa shape index (κ2) is 7.58. The van der Waals surface area contributed by atoms with E-state index in [9.17, 15) is 0 Å². The molecule has 0 spiro atoms. The van der Waals surface area contributed by atoms with Crippen molar-refractivity contribution in [1.29, 1.82) is 0 Å². The minimum Gasteiger partial charge on any atom is -0.493 e. The van der Waals surface area contributed by atoms with Crippen molar-refractivity contribution in [1.82, 2.24) is 15.2 Å². The predicted molar refractivity (Wildman–Crippen MR) is 79.7 cm³/mol. The van der Waals surface area contributed by atoms with E-state index >= 15 is 0 Å². The highest BCUT2D eigenvalue weighted by atomic mass is 32.2. The molecule has 0 aliphatic carbocycles. The van der Waals surface area contributed by atoms with Crippen molar-refractivity contribution < 1.29 is 4.74 Å². The lowest BCUT2D eigenvalue weighted by molar-refractivity contribution is 0.344. The molecule has 1 aromatic heterocycles. The van der Waals surface area contributed by atoms with Gasteiger partial charge in [-0.15, -0.1) is 5.10 Å². The second-order valence-corrected chi connectivity index (χ2v) is 5.00. The number of H-pyrrole nitrogens is 1. The number of nitrogens with one attached hydrogen (secondary N) is 1. The Balaban J connectivity index is 1.79. The van der Waals surface area contributed by atoms with Crippen LogP contribution in [0, 0.1) is 18.8 Å². The van der Waals surface area contributed by atoms with E-state index in [1.165, 1.54) is 0 Å². The standard InChI is InChI=1S/C14H16N4OS/c1-11-16-14(18-17-11)20-9-8-19-13-6-2-4-12(10-13)5-3-7-15/h2,4,6,10H,7-9,15H2,1H3,(H,16,17,18). The Bertz CT molecular complexity index is 615. The molecule has 0 atom stereocenters. The van der Waals surface area contributed by atoms with Crippen LogP contribution in [0.25, 0.3) is 0 Å². The van der Waals surface area contributed by atoms with E-state index in [2.05, 4.69) is 27.0 Å². The highest BCUT2D eigenvalue weighted by molar-refractivity contribution is 7.99. The van der Waals surface area contributed by atoms with Gasteiger partial charge in [-0.2, -0.15) is 0 Å². The lowest BCUT2D eigenvalue weighted by atomic mass is 10.2. The minimum atomic E-state index is 0.359. The highest BCUT2D eigenvalue weighted by Crippen LogP contribution is 2.15. The third-order valence-corrected chi connectivity index (χ3v) is 3.14. The molecule has 104 valence electrons. The molecule has 0 saturated heterocycles. The summed E-state index contributed by atoms with van der Waals surface area (Å²) in [6.07, 6.45) is 0. The topological polar surface area (TPSA) is 76.8 Å². The number of aryl methyl sites for hydroxylation is 1. The molecule has 0 fully saturated rings. The number of hydrogen-bond donors (Lipinski definition) is 2. The maximum Gasteiger partial charge on any atom is 0.208 e. The summed E-state index contributed by atoms with van der Waals surface area (Å²) in [4.78, 5) is 4.21. The smallest absolute Gasteiger partial charge is 0.208 e. The van der Waals surface area contributed by atoms with E-state index in [-0.39, 0.29) is 0 Å². The Morgan fingerprint density at radius 3 is 3.10 bits per heavy atom. The fourth-order valence-corrected chi connectivity index (χ4v) is 2.16. The fraction of sp³-hybridized carbons (Fsp3) is 0.286. The number of thioether (sulfide) groups is 1. The van der Waals surface area contributed by atoms with E-state index in [4.69, 9.17) is 10.5 Å². The van der Waals surface area contributed by atoms with Gasteiger partial charge in [0.15, 0.2) is 0 Å². The summed E-state index contributed by atoms with van der Waals surface area (Å²) in [6, 6.07) is 7.67. The zero-order chi connectivity index (χ0) is 14.2. The first-order chi connectivity index (χ1) is 9.78. The van der Waals surface area contributed by atoms with Crippen molar-refractivity contribution in [3.8, 4) is 17.6 Å². The molecular formula is C14H16N4OS. The van der Waals surface area contributed by atoms with Gasteiger partial charge in [0.05, 0.1) is 13.2 Å². The monoisotopic (exact) mass is 288 g/mol. The van der Waals surface area contributed by atoms with Gasteiger partial charge in [0.1, 0.15) is 11.6 Å². The molecule has 3 N–H and O–H groups in total.